The zero-order chi connectivity index (χ0) is 36.2. The summed E-state index contributed by atoms with van der Waals surface area (Å²) >= 11 is 0. The number of aliphatic hydroxyl groups excluding tert-OH is 1. The van der Waals surface area contributed by atoms with Crippen molar-refractivity contribution in [3.05, 3.63) is 41.5 Å². The maximum absolute atomic E-state index is 14.2. The molecule has 9 heteroatoms. The number of aromatic carboxylic acids is 1. The van der Waals surface area contributed by atoms with Gasteiger partial charge in [-0.15, -0.1) is 0 Å². The molecular formula is C42H63N3O5S. The summed E-state index contributed by atoms with van der Waals surface area (Å²) in [5, 5.41) is 22.8. The molecule has 0 aromatic heterocycles. The molecular weight excluding hydrogens is 659 g/mol. The van der Waals surface area contributed by atoms with Crippen LogP contribution in [0.3, 0.4) is 0 Å². The van der Waals surface area contributed by atoms with Crippen molar-refractivity contribution in [3.8, 4) is 0 Å². The number of nitrogens with zero attached hydrogens (tertiary/aromatic N) is 2. The Morgan fingerprint density at radius 1 is 0.922 bits per heavy atom. The molecule has 1 aliphatic heterocycles. The summed E-state index contributed by atoms with van der Waals surface area (Å²) in [6, 6.07) is 7.56. The van der Waals surface area contributed by atoms with E-state index in [4.69, 9.17) is 0 Å². The van der Waals surface area contributed by atoms with Crippen molar-refractivity contribution in [2.75, 3.05) is 50.8 Å². The van der Waals surface area contributed by atoms with Crippen LogP contribution in [0.4, 0.5) is 4.79 Å². The number of fused-ring (bicyclic) bond motifs is 7. The number of hydrogen-bond acceptors (Lipinski definition) is 5. The zero-order valence-electron chi connectivity index (χ0n) is 31.6. The molecule has 51 heavy (non-hydrogen) atoms. The number of carbonyl (C=O) groups excluding carboxylic acids is 1. The summed E-state index contributed by atoms with van der Waals surface area (Å²) in [6.45, 7) is 14.1. The molecule has 0 bridgehead atoms. The number of allylic oxidation sites excluding steroid dienone is 2. The molecule has 2 amide bonds. The number of carbonyl (C=O) groups is 2. The van der Waals surface area contributed by atoms with E-state index in [1.807, 2.05) is 17.0 Å². The third-order valence-electron chi connectivity index (χ3n) is 16.2. The van der Waals surface area contributed by atoms with Gasteiger partial charge in [-0.1, -0.05) is 52.3 Å². The fourth-order valence-electron chi connectivity index (χ4n) is 13.2. The predicted molar refractivity (Wildman–Crippen MR) is 204 cm³/mol. The second kappa shape index (κ2) is 14.2. The van der Waals surface area contributed by atoms with Gasteiger partial charge >= 0.3 is 12.0 Å². The fourth-order valence-corrected chi connectivity index (χ4v) is 14.4. The first-order valence-corrected chi connectivity index (χ1v) is 21.6. The van der Waals surface area contributed by atoms with Crippen LogP contribution in [-0.2, 0) is 10.8 Å². The lowest BCUT2D eigenvalue weighted by atomic mass is 9.34. The molecule has 4 saturated carbocycles. The van der Waals surface area contributed by atoms with Gasteiger partial charge in [-0.25, -0.2) is 9.59 Å². The molecule has 3 N–H and O–H groups in total. The summed E-state index contributed by atoms with van der Waals surface area (Å²) in [4.78, 5) is 29.9. The predicted octanol–water partition coefficient (Wildman–Crippen LogP) is 7.05. The van der Waals surface area contributed by atoms with Gasteiger partial charge in [0.1, 0.15) is 0 Å². The first-order valence-electron chi connectivity index (χ1n) is 20.1. The van der Waals surface area contributed by atoms with Gasteiger partial charge in [-0.2, -0.15) is 0 Å². The molecule has 0 radical (unpaired) electrons. The summed E-state index contributed by atoms with van der Waals surface area (Å²) in [6.07, 6.45) is 14.8. The van der Waals surface area contributed by atoms with Crippen LogP contribution in [-0.4, -0.2) is 92.6 Å². The molecule has 282 valence electrons. The second-order valence-electron chi connectivity index (χ2n) is 18.1. The van der Waals surface area contributed by atoms with Crippen LogP contribution >= 0.6 is 0 Å². The Hall–Kier alpha value is -2.23. The lowest BCUT2D eigenvalue weighted by Crippen LogP contribution is -2.68. The van der Waals surface area contributed by atoms with E-state index in [0.717, 1.165) is 45.3 Å². The number of amides is 2. The minimum Gasteiger partial charge on any atom is -0.478 e. The second-order valence-corrected chi connectivity index (χ2v) is 19.8. The van der Waals surface area contributed by atoms with Crippen molar-refractivity contribution in [1.29, 1.82) is 0 Å². The molecule has 1 saturated heterocycles. The van der Waals surface area contributed by atoms with Crippen LogP contribution in [0.15, 0.2) is 30.3 Å². The lowest BCUT2D eigenvalue weighted by Gasteiger charge is -2.71. The topological polar surface area (TPSA) is 110 Å². The molecule has 1 heterocycles. The summed E-state index contributed by atoms with van der Waals surface area (Å²) < 4.78 is 11.9. The number of rotatable bonds is 9. The van der Waals surface area contributed by atoms with Gasteiger partial charge in [0, 0.05) is 67.2 Å². The lowest BCUT2D eigenvalue weighted by molar-refractivity contribution is -0.210. The largest absolute Gasteiger partial charge is 0.478 e. The highest BCUT2D eigenvalue weighted by atomic mass is 32.2. The molecule has 1 aromatic carbocycles. The van der Waals surface area contributed by atoms with Gasteiger partial charge < -0.3 is 20.4 Å². The number of nitrogens with one attached hydrogen (secondary N) is 1. The number of carboxylic acid groups (broad SMARTS) is 1. The van der Waals surface area contributed by atoms with E-state index in [2.05, 4.69) is 44.0 Å². The van der Waals surface area contributed by atoms with Gasteiger partial charge in [0.15, 0.2) is 0 Å². The van der Waals surface area contributed by atoms with Crippen molar-refractivity contribution < 1.29 is 24.0 Å². The van der Waals surface area contributed by atoms with Crippen molar-refractivity contribution in [3.63, 3.8) is 0 Å². The van der Waals surface area contributed by atoms with Crippen molar-refractivity contribution in [2.45, 2.75) is 104 Å². The highest BCUT2D eigenvalue weighted by Gasteiger charge is 2.68. The molecule has 5 aliphatic carbocycles. The zero-order valence-corrected chi connectivity index (χ0v) is 32.4. The van der Waals surface area contributed by atoms with Gasteiger partial charge in [0.25, 0.3) is 0 Å². The Labute approximate surface area is 308 Å². The van der Waals surface area contributed by atoms with Gasteiger partial charge in [0.2, 0.25) is 0 Å². The Morgan fingerprint density at radius 3 is 2.37 bits per heavy atom. The number of benzene rings is 1. The van der Waals surface area contributed by atoms with E-state index >= 15 is 0 Å². The van der Waals surface area contributed by atoms with Crippen LogP contribution in [0.2, 0.25) is 0 Å². The fraction of sp³-hybridized carbons (Fsp3) is 0.762. The third-order valence-corrected chi connectivity index (χ3v) is 17.5. The minimum atomic E-state index is -0.875. The number of carboxylic acids is 1. The Balaban J connectivity index is 1.08. The number of aliphatic hydroxyl groups is 1. The first-order chi connectivity index (χ1) is 24.3. The Morgan fingerprint density at radius 2 is 1.67 bits per heavy atom. The normalized spacial score (nSPS) is 39.5. The minimum absolute atomic E-state index is 0.0452. The van der Waals surface area contributed by atoms with Crippen LogP contribution in [0.25, 0.3) is 5.57 Å². The molecule has 9 atom stereocenters. The van der Waals surface area contributed by atoms with E-state index in [1.54, 1.807) is 12.1 Å². The van der Waals surface area contributed by atoms with Gasteiger partial charge in [-0.05, 0) is 133 Å². The average molecular weight is 722 g/mol. The Kier molecular flexibility index (Phi) is 10.3. The molecule has 7 rings (SSSR count). The number of urea groups is 1. The maximum Gasteiger partial charge on any atom is 0.335 e. The van der Waals surface area contributed by atoms with E-state index in [0.29, 0.717) is 66.2 Å². The highest BCUT2D eigenvalue weighted by molar-refractivity contribution is 7.85. The highest BCUT2D eigenvalue weighted by Crippen LogP contribution is 2.75. The van der Waals surface area contributed by atoms with Crippen molar-refractivity contribution in [2.24, 2.45) is 45.8 Å². The molecule has 8 nitrogen and oxygen atoms in total. The average Bonchev–Trinajstić information content (AvgIpc) is 3.53. The van der Waals surface area contributed by atoms with Crippen LogP contribution in [0, 0.1) is 45.8 Å². The quantitative estimate of drug-likeness (QED) is 0.252. The van der Waals surface area contributed by atoms with E-state index < -0.39 is 16.8 Å². The first kappa shape index (κ1) is 37.1. The van der Waals surface area contributed by atoms with Gasteiger partial charge in [-0.3, -0.25) is 9.11 Å². The third kappa shape index (κ3) is 6.33. The molecule has 0 spiro atoms. The van der Waals surface area contributed by atoms with E-state index in [9.17, 15) is 24.0 Å². The van der Waals surface area contributed by atoms with Crippen LogP contribution in [0.1, 0.15) is 114 Å². The smallest absolute Gasteiger partial charge is 0.335 e. The van der Waals surface area contributed by atoms with Crippen molar-refractivity contribution in [1.82, 2.24) is 15.1 Å². The maximum atomic E-state index is 14.2. The van der Waals surface area contributed by atoms with E-state index in [-0.39, 0.29) is 34.4 Å². The summed E-state index contributed by atoms with van der Waals surface area (Å²) in [7, 11) is -0.713. The number of hydrogen-bond donors (Lipinski definition) is 3. The molecule has 6 aliphatic rings. The van der Waals surface area contributed by atoms with Crippen molar-refractivity contribution >= 4 is 28.4 Å². The summed E-state index contributed by atoms with van der Waals surface area (Å²) in [5.41, 5.74) is 3.49. The van der Waals surface area contributed by atoms with Crippen LogP contribution in [0.5, 0.6) is 0 Å². The van der Waals surface area contributed by atoms with E-state index in [1.165, 1.54) is 49.7 Å². The van der Waals surface area contributed by atoms with Gasteiger partial charge in [0.05, 0.1) is 5.56 Å². The summed E-state index contributed by atoms with van der Waals surface area (Å²) in [5.74, 6) is 3.38. The standard InChI is InChI=1S/C42H63N3O5S/c1-29-32(30-8-10-31(11-9-30)37(47)48)14-17-39(2)33(29)15-18-41(4)36(39)13-12-34-35-7-5-16-42(35,20-19-40(34,41)3)43-38(49)45(21-6-26-46)23-22-44-24-27-51(50)28-25-44/h8-11,14,29,33-36,46H,5-7,12-13,15-28H2,1-4H3,(H,43,49)(H,47,48)/t29?,33?,34?,35?,36?,39?,40-,41?,42?/m1/s1. The van der Waals surface area contributed by atoms with Crippen LogP contribution < -0.4 is 5.32 Å². The SMILES string of the molecule is CC1C(c2ccc(C(=O)O)cc2)=CCC2(C)C1CCC1(C)C2CCC2C3CCCC3(NC(=O)N(CCCO)CCN3CCS(=O)CC3)CC[C@]21C. The monoisotopic (exact) mass is 721 g/mol. The molecule has 5 fully saturated rings. The molecule has 1 aromatic rings. The molecule has 8 unspecified atom stereocenters. The Bertz CT molecular complexity index is 1520.